The first-order valence-corrected chi connectivity index (χ1v) is 7.04. The van der Waals surface area contributed by atoms with Crippen LogP contribution in [0.2, 0.25) is 0 Å². The minimum atomic E-state index is -4.84. The minimum Gasteiger partial charge on any atom is -0.272 e. The summed E-state index contributed by atoms with van der Waals surface area (Å²) in [5.41, 5.74) is -2.49. The van der Waals surface area contributed by atoms with Gasteiger partial charge in [0.05, 0.1) is 19.3 Å². The Morgan fingerprint density at radius 2 is 1.10 bits per heavy atom. The van der Waals surface area contributed by atoms with Crippen LogP contribution in [0.5, 0.6) is 0 Å². The fourth-order valence-electron chi connectivity index (χ4n) is 1.97. The van der Waals surface area contributed by atoms with Gasteiger partial charge in [0, 0.05) is 5.30 Å². The van der Waals surface area contributed by atoms with Gasteiger partial charge < -0.3 is 0 Å². The van der Waals surface area contributed by atoms with E-state index in [1.807, 2.05) is 0 Å². The molecule has 0 aliphatic rings. The Labute approximate surface area is 120 Å². The van der Waals surface area contributed by atoms with Gasteiger partial charge in [0.1, 0.15) is 0 Å². The molecule has 2 nitrogen and oxygen atoms in total. The quantitative estimate of drug-likeness (QED) is 0.614. The normalized spacial score (nSPS) is 13.6. The molecule has 0 aromatic heterocycles. The molecule has 0 radical (unpaired) electrons. The molecule has 0 heterocycles. The van der Waals surface area contributed by atoms with Gasteiger partial charge in [-0.1, -0.05) is 6.07 Å². The van der Waals surface area contributed by atoms with Crippen LogP contribution in [-0.2, 0) is 12.4 Å². The zero-order valence-electron chi connectivity index (χ0n) is 11.8. The van der Waals surface area contributed by atoms with Gasteiger partial charge in [0.2, 0.25) is 0 Å². The first-order chi connectivity index (χ1) is 9.37. The highest BCUT2D eigenvalue weighted by Crippen LogP contribution is 2.47. The Bertz CT molecular complexity index is 455. The summed E-state index contributed by atoms with van der Waals surface area (Å²) in [5, 5.41) is -0.720. The van der Waals surface area contributed by atoms with E-state index in [1.165, 1.54) is 37.5 Å². The fraction of sp³-hybridized carbons (Fsp3) is 0.500. The maximum Gasteiger partial charge on any atom is 0.417 e. The number of benzene rings is 1. The standard InChI is InChI=1S/C12H15F6N2P/c1-19(2)21(20(3)4)10-8(11(13,14)15)6-5-7-9(10)12(16,17)18/h5-7H,1-4H3. The molecule has 1 aromatic carbocycles. The molecule has 0 unspecified atom stereocenters. The maximum absolute atomic E-state index is 13.1. The molecule has 0 amide bonds. The Morgan fingerprint density at radius 1 is 0.762 bits per heavy atom. The lowest BCUT2D eigenvalue weighted by atomic mass is 10.1. The van der Waals surface area contributed by atoms with E-state index in [4.69, 9.17) is 0 Å². The van der Waals surface area contributed by atoms with Gasteiger partial charge in [0.15, 0.2) is 0 Å². The molecule has 0 aliphatic heterocycles. The van der Waals surface area contributed by atoms with Crippen LogP contribution in [0.15, 0.2) is 18.2 Å². The van der Waals surface area contributed by atoms with Crippen molar-refractivity contribution in [2.45, 2.75) is 12.4 Å². The van der Waals surface area contributed by atoms with E-state index in [0.717, 1.165) is 6.07 Å². The smallest absolute Gasteiger partial charge is 0.272 e. The van der Waals surface area contributed by atoms with Crippen molar-refractivity contribution in [1.82, 2.24) is 9.34 Å². The summed E-state index contributed by atoms with van der Waals surface area (Å²) in [6.45, 7) is 0. The van der Waals surface area contributed by atoms with Crippen molar-refractivity contribution < 1.29 is 26.3 Å². The predicted molar refractivity (Wildman–Crippen MR) is 70.4 cm³/mol. The minimum absolute atomic E-state index is 0.687. The van der Waals surface area contributed by atoms with E-state index in [9.17, 15) is 26.3 Å². The van der Waals surface area contributed by atoms with Crippen molar-refractivity contribution in [3.63, 3.8) is 0 Å². The van der Waals surface area contributed by atoms with Crippen LogP contribution in [0.4, 0.5) is 26.3 Å². The molecular weight excluding hydrogens is 317 g/mol. The summed E-state index contributed by atoms with van der Waals surface area (Å²) < 4.78 is 81.4. The maximum atomic E-state index is 13.1. The molecule has 0 aliphatic carbocycles. The highest BCUT2D eigenvalue weighted by Gasteiger charge is 2.43. The topological polar surface area (TPSA) is 6.48 Å². The summed E-state index contributed by atoms with van der Waals surface area (Å²) >= 11 is 0. The lowest BCUT2D eigenvalue weighted by Gasteiger charge is -2.34. The molecule has 0 saturated carbocycles. The third-order valence-electron chi connectivity index (χ3n) is 2.60. The Morgan fingerprint density at radius 3 is 1.33 bits per heavy atom. The molecule has 0 saturated heterocycles. The molecule has 9 heteroatoms. The van der Waals surface area contributed by atoms with Crippen LogP contribution in [0, 0.1) is 0 Å². The Kier molecular flexibility index (Phi) is 5.29. The molecule has 0 bridgehead atoms. The van der Waals surface area contributed by atoms with Crippen LogP contribution in [0.25, 0.3) is 0 Å². The van der Waals surface area contributed by atoms with Crippen LogP contribution in [-0.4, -0.2) is 37.5 Å². The average molecular weight is 332 g/mol. The summed E-state index contributed by atoms with van der Waals surface area (Å²) in [6.07, 6.45) is -9.69. The summed E-state index contributed by atoms with van der Waals surface area (Å²) in [6, 6.07) is 2.16. The zero-order chi connectivity index (χ0) is 16.6. The zero-order valence-corrected chi connectivity index (χ0v) is 12.7. The van der Waals surface area contributed by atoms with E-state index in [-0.39, 0.29) is 0 Å². The number of hydrogen-bond donors (Lipinski definition) is 0. The molecule has 120 valence electrons. The predicted octanol–water partition coefficient (Wildman–Crippen LogP) is 3.78. The molecule has 0 spiro atoms. The van der Waals surface area contributed by atoms with Crippen LogP contribution < -0.4 is 5.30 Å². The summed E-state index contributed by atoms with van der Waals surface area (Å²) in [5.74, 6) is 0. The first kappa shape index (κ1) is 18.2. The summed E-state index contributed by atoms with van der Waals surface area (Å²) in [7, 11) is 3.91. The second kappa shape index (κ2) is 6.10. The van der Waals surface area contributed by atoms with Gasteiger partial charge in [-0.15, -0.1) is 0 Å². The van der Waals surface area contributed by atoms with E-state index in [1.54, 1.807) is 0 Å². The van der Waals surface area contributed by atoms with Crippen molar-refractivity contribution in [3.8, 4) is 0 Å². The van der Waals surface area contributed by atoms with E-state index in [0.29, 0.717) is 12.1 Å². The molecular formula is C12H15F6N2P. The molecule has 0 fully saturated rings. The molecule has 1 rings (SSSR count). The van der Waals surface area contributed by atoms with Gasteiger partial charge in [-0.25, -0.2) is 0 Å². The van der Waals surface area contributed by atoms with E-state index < -0.39 is 37.0 Å². The average Bonchev–Trinajstić information content (AvgIpc) is 2.25. The largest absolute Gasteiger partial charge is 0.417 e. The van der Waals surface area contributed by atoms with Crippen molar-refractivity contribution in [2.24, 2.45) is 0 Å². The number of alkyl halides is 6. The third kappa shape index (κ3) is 4.08. The number of rotatable bonds is 3. The molecule has 0 atom stereocenters. The van der Waals surface area contributed by atoms with Gasteiger partial charge in [0.25, 0.3) is 0 Å². The monoisotopic (exact) mass is 332 g/mol. The number of nitrogens with zero attached hydrogens (tertiary/aromatic N) is 2. The van der Waals surface area contributed by atoms with Gasteiger partial charge >= 0.3 is 12.4 Å². The second-order valence-corrected chi connectivity index (χ2v) is 7.31. The second-order valence-electron chi connectivity index (χ2n) is 4.68. The van der Waals surface area contributed by atoms with Gasteiger partial charge in [-0.2, -0.15) is 26.3 Å². The van der Waals surface area contributed by atoms with Crippen molar-refractivity contribution >= 4 is 13.5 Å². The molecule has 0 N–H and O–H groups in total. The van der Waals surface area contributed by atoms with E-state index in [2.05, 4.69) is 0 Å². The van der Waals surface area contributed by atoms with E-state index >= 15 is 0 Å². The highest BCUT2D eigenvalue weighted by atomic mass is 31.1. The van der Waals surface area contributed by atoms with Crippen LogP contribution in [0.1, 0.15) is 11.1 Å². The SMILES string of the molecule is CN(C)P(c1c(C(F)(F)F)cccc1C(F)(F)F)N(C)C. The van der Waals surface area contributed by atoms with Gasteiger partial charge in [-0.3, -0.25) is 9.34 Å². The number of halogens is 6. The first-order valence-electron chi connectivity index (χ1n) is 5.79. The highest BCUT2D eigenvalue weighted by molar-refractivity contribution is 7.61. The van der Waals surface area contributed by atoms with Crippen molar-refractivity contribution in [1.29, 1.82) is 0 Å². The van der Waals surface area contributed by atoms with Gasteiger partial charge in [-0.05, 0) is 40.3 Å². The number of hydrogen-bond acceptors (Lipinski definition) is 2. The third-order valence-corrected chi connectivity index (χ3v) is 5.00. The lowest BCUT2D eigenvalue weighted by molar-refractivity contribution is -0.141. The fourth-order valence-corrected chi connectivity index (χ4v) is 4.32. The van der Waals surface area contributed by atoms with Crippen molar-refractivity contribution in [2.75, 3.05) is 28.2 Å². The Hall–Kier alpha value is -0.850. The Balaban J connectivity index is 3.72. The molecule has 1 aromatic rings. The molecule has 21 heavy (non-hydrogen) atoms. The summed E-state index contributed by atoms with van der Waals surface area (Å²) in [4.78, 5) is 0. The van der Waals surface area contributed by atoms with Crippen molar-refractivity contribution in [3.05, 3.63) is 29.3 Å². The van der Waals surface area contributed by atoms with Crippen LogP contribution >= 0.6 is 8.22 Å². The lowest BCUT2D eigenvalue weighted by Crippen LogP contribution is -2.34. The van der Waals surface area contributed by atoms with Crippen LogP contribution in [0.3, 0.4) is 0 Å².